The Hall–Kier alpha value is -3.61. The molecule has 7 heteroatoms. The Morgan fingerprint density at radius 1 is 0.970 bits per heavy atom. The molecule has 0 aliphatic rings. The Morgan fingerprint density at radius 3 is 2.39 bits per heavy atom. The molecule has 0 atom stereocenters. The molecule has 0 unspecified atom stereocenters. The maximum Gasteiger partial charge on any atom is 0.416 e. The van der Waals surface area contributed by atoms with E-state index in [9.17, 15) is 18.0 Å². The quantitative estimate of drug-likeness (QED) is 0.383. The molecular weight excluding hydrogens is 427 g/mol. The molecular formula is C26H24F3N3O. The molecule has 1 N–H and O–H groups in total. The normalized spacial score (nSPS) is 11.8. The number of alkyl halides is 3. The maximum atomic E-state index is 13.2. The lowest BCUT2D eigenvalue weighted by molar-refractivity contribution is -0.137. The zero-order valence-corrected chi connectivity index (χ0v) is 18.4. The second-order valence-electron chi connectivity index (χ2n) is 8.22. The molecule has 2 heterocycles. The second-order valence-corrected chi connectivity index (χ2v) is 8.22. The molecule has 33 heavy (non-hydrogen) atoms. The lowest BCUT2D eigenvalue weighted by atomic mass is 10.0. The monoisotopic (exact) mass is 451 g/mol. The summed E-state index contributed by atoms with van der Waals surface area (Å²) in [6, 6.07) is 18.5. The van der Waals surface area contributed by atoms with Crippen LogP contribution in [0.25, 0.3) is 28.0 Å². The average molecular weight is 451 g/mol. The fraction of sp³-hybridized carbons (Fsp3) is 0.231. The van der Waals surface area contributed by atoms with E-state index in [-0.39, 0.29) is 18.4 Å². The Bertz CT molecular complexity index is 1280. The van der Waals surface area contributed by atoms with Gasteiger partial charge in [0.2, 0.25) is 5.91 Å². The molecule has 2 aromatic carbocycles. The molecule has 4 rings (SSSR count). The number of carbonyl (C=O) groups is 1. The Kier molecular flexibility index (Phi) is 6.22. The van der Waals surface area contributed by atoms with Crippen LogP contribution in [0.15, 0.2) is 72.9 Å². The van der Waals surface area contributed by atoms with E-state index in [1.165, 1.54) is 6.07 Å². The molecule has 1 amide bonds. The van der Waals surface area contributed by atoms with Gasteiger partial charge in [-0.15, -0.1) is 0 Å². The van der Waals surface area contributed by atoms with Gasteiger partial charge in [-0.2, -0.15) is 13.2 Å². The predicted octanol–water partition coefficient (Wildman–Crippen LogP) is 6.14. The first-order valence-corrected chi connectivity index (χ1v) is 10.8. The fourth-order valence-corrected chi connectivity index (χ4v) is 3.83. The van der Waals surface area contributed by atoms with Crippen LogP contribution in [0.1, 0.15) is 31.5 Å². The minimum atomic E-state index is -4.41. The van der Waals surface area contributed by atoms with Gasteiger partial charge in [-0.05, 0) is 55.7 Å². The SMILES string of the molecule is CC(C)NC(=O)CCc1c(-c2ccccc2)nc2ccc(-c3cccc(C(F)(F)F)c3)cn12. The fourth-order valence-electron chi connectivity index (χ4n) is 3.83. The highest BCUT2D eigenvalue weighted by Gasteiger charge is 2.30. The molecule has 0 saturated heterocycles. The largest absolute Gasteiger partial charge is 0.416 e. The summed E-state index contributed by atoms with van der Waals surface area (Å²) >= 11 is 0. The van der Waals surface area contributed by atoms with Crippen molar-refractivity contribution < 1.29 is 18.0 Å². The van der Waals surface area contributed by atoms with Crippen molar-refractivity contribution in [1.82, 2.24) is 14.7 Å². The topological polar surface area (TPSA) is 46.4 Å². The van der Waals surface area contributed by atoms with E-state index in [1.54, 1.807) is 24.4 Å². The van der Waals surface area contributed by atoms with Crippen molar-refractivity contribution in [3.63, 3.8) is 0 Å². The van der Waals surface area contributed by atoms with Gasteiger partial charge in [-0.25, -0.2) is 4.98 Å². The molecule has 2 aromatic heterocycles. The number of aromatic nitrogens is 2. The number of aryl methyl sites for hydroxylation is 1. The Balaban J connectivity index is 1.79. The van der Waals surface area contributed by atoms with Crippen molar-refractivity contribution >= 4 is 11.6 Å². The average Bonchev–Trinajstić information content (AvgIpc) is 3.15. The van der Waals surface area contributed by atoms with Crippen molar-refractivity contribution in [3.8, 4) is 22.4 Å². The van der Waals surface area contributed by atoms with Gasteiger partial charge in [0.1, 0.15) is 5.65 Å². The standard InChI is InChI=1S/C26H24F3N3O/c1-17(2)30-24(33)14-12-22-25(18-7-4-3-5-8-18)31-23-13-11-20(16-32(22)23)19-9-6-10-21(15-19)26(27,28)29/h3-11,13,15-17H,12,14H2,1-2H3,(H,30,33). The van der Waals surface area contributed by atoms with Crippen LogP contribution in [0.3, 0.4) is 0 Å². The third-order valence-corrected chi connectivity index (χ3v) is 5.33. The number of carbonyl (C=O) groups excluding carboxylic acids is 1. The van der Waals surface area contributed by atoms with Crippen molar-refractivity contribution in [2.24, 2.45) is 0 Å². The van der Waals surface area contributed by atoms with Crippen molar-refractivity contribution in [2.45, 2.75) is 38.9 Å². The molecule has 0 radical (unpaired) electrons. The highest BCUT2D eigenvalue weighted by Crippen LogP contribution is 2.33. The van der Waals surface area contributed by atoms with Crippen molar-refractivity contribution in [2.75, 3.05) is 0 Å². The second kappa shape index (κ2) is 9.10. The third kappa shape index (κ3) is 5.08. The van der Waals surface area contributed by atoms with E-state index in [4.69, 9.17) is 4.98 Å². The molecule has 4 nitrogen and oxygen atoms in total. The molecule has 4 aromatic rings. The number of nitrogens with one attached hydrogen (secondary N) is 1. The zero-order chi connectivity index (χ0) is 23.6. The number of pyridine rings is 1. The Morgan fingerprint density at radius 2 is 1.70 bits per heavy atom. The van der Waals surface area contributed by atoms with Crippen LogP contribution in [-0.2, 0) is 17.4 Å². The number of fused-ring (bicyclic) bond motifs is 1. The highest BCUT2D eigenvalue weighted by molar-refractivity contribution is 5.77. The molecule has 0 spiro atoms. The van der Waals surface area contributed by atoms with Gasteiger partial charge in [0, 0.05) is 24.2 Å². The lowest BCUT2D eigenvalue weighted by Crippen LogP contribution is -2.30. The van der Waals surface area contributed by atoms with E-state index in [1.807, 2.05) is 48.6 Å². The van der Waals surface area contributed by atoms with E-state index < -0.39 is 11.7 Å². The number of nitrogens with zero attached hydrogens (tertiary/aromatic N) is 2. The summed E-state index contributed by atoms with van der Waals surface area (Å²) in [6.45, 7) is 3.81. The van der Waals surface area contributed by atoms with Crippen LogP contribution in [0.2, 0.25) is 0 Å². The molecule has 0 aliphatic carbocycles. The number of imidazole rings is 1. The first-order valence-electron chi connectivity index (χ1n) is 10.8. The Labute approximate surface area is 190 Å². The number of benzene rings is 2. The first kappa shape index (κ1) is 22.6. The molecule has 0 saturated carbocycles. The van der Waals surface area contributed by atoms with Gasteiger partial charge >= 0.3 is 6.18 Å². The van der Waals surface area contributed by atoms with Crippen LogP contribution in [0.4, 0.5) is 13.2 Å². The number of halogens is 3. The summed E-state index contributed by atoms with van der Waals surface area (Å²) in [7, 11) is 0. The molecule has 170 valence electrons. The molecule has 0 fully saturated rings. The van der Waals surface area contributed by atoms with Gasteiger partial charge < -0.3 is 9.72 Å². The number of rotatable bonds is 6. The molecule has 0 aliphatic heterocycles. The first-order chi connectivity index (χ1) is 15.7. The number of amides is 1. The number of hydrogen-bond acceptors (Lipinski definition) is 2. The lowest BCUT2D eigenvalue weighted by Gasteiger charge is -2.11. The van der Waals surface area contributed by atoms with E-state index in [2.05, 4.69) is 5.32 Å². The van der Waals surface area contributed by atoms with E-state index in [0.29, 0.717) is 23.2 Å². The summed E-state index contributed by atoms with van der Waals surface area (Å²) in [4.78, 5) is 17.1. The van der Waals surface area contributed by atoms with Crippen LogP contribution in [0, 0.1) is 0 Å². The van der Waals surface area contributed by atoms with Gasteiger partial charge in [-0.3, -0.25) is 4.79 Å². The number of hydrogen-bond donors (Lipinski definition) is 1. The van der Waals surface area contributed by atoms with Crippen LogP contribution in [-0.4, -0.2) is 21.3 Å². The summed E-state index contributed by atoms with van der Waals surface area (Å²) in [5.74, 6) is -0.0620. The van der Waals surface area contributed by atoms with E-state index in [0.717, 1.165) is 29.1 Å². The summed E-state index contributed by atoms with van der Waals surface area (Å²) in [5, 5.41) is 2.89. The summed E-state index contributed by atoms with van der Waals surface area (Å²) in [5.41, 5.74) is 3.59. The van der Waals surface area contributed by atoms with Crippen LogP contribution < -0.4 is 5.32 Å². The predicted molar refractivity (Wildman–Crippen MR) is 123 cm³/mol. The smallest absolute Gasteiger partial charge is 0.354 e. The molecule has 0 bridgehead atoms. The van der Waals surface area contributed by atoms with Gasteiger partial charge in [0.05, 0.1) is 17.0 Å². The van der Waals surface area contributed by atoms with Crippen molar-refractivity contribution in [1.29, 1.82) is 0 Å². The van der Waals surface area contributed by atoms with Crippen molar-refractivity contribution in [3.05, 3.63) is 84.2 Å². The third-order valence-electron chi connectivity index (χ3n) is 5.33. The van der Waals surface area contributed by atoms with Crippen LogP contribution in [0.5, 0.6) is 0 Å². The van der Waals surface area contributed by atoms with Gasteiger partial charge in [0.15, 0.2) is 0 Å². The minimum absolute atomic E-state index is 0.0424. The minimum Gasteiger partial charge on any atom is -0.354 e. The highest BCUT2D eigenvalue weighted by atomic mass is 19.4. The zero-order valence-electron chi connectivity index (χ0n) is 18.4. The summed E-state index contributed by atoms with van der Waals surface area (Å²) in [6.07, 6.45) is -1.90. The van der Waals surface area contributed by atoms with Crippen LogP contribution >= 0.6 is 0 Å². The van der Waals surface area contributed by atoms with Gasteiger partial charge in [-0.1, -0.05) is 42.5 Å². The van der Waals surface area contributed by atoms with Gasteiger partial charge in [0.25, 0.3) is 0 Å². The summed E-state index contributed by atoms with van der Waals surface area (Å²) < 4.78 is 41.5. The maximum absolute atomic E-state index is 13.2. The van der Waals surface area contributed by atoms with E-state index >= 15 is 0 Å².